The van der Waals surface area contributed by atoms with Crippen molar-refractivity contribution in [3.63, 3.8) is 0 Å². The number of nitrogen functional groups attached to an aromatic ring is 1. The number of rotatable bonds is 4. The molecule has 19 heavy (non-hydrogen) atoms. The molecule has 0 radical (unpaired) electrons. The highest BCUT2D eigenvalue weighted by molar-refractivity contribution is 7.89. The first kappa shape index (κ1) is 15.8. The number of hydrogen-bond donors (Lipinski definition) is 1. The maximum atomic E-state index is 13.8. The zero-order chi connectivity index (χ0) is 15.0. The van der Waals surface area contributed by atoms with Gasteiger partial charge in [0.2, 0.25) is 10.0 Å². The lowest BCUT2D eigenvalue weighted by atomic mass is 10.0. The molecule has 0 aliphatic rings. The fraction of sp³-hybridized carbons (Fsp3) is 0.500. The molecule has 0 aliphatic heterocycles. The van der Waals surface area contributed by atoms with Crippen LogP contribution in [0.15, 0.2) is 17.0 Å². The predicted octanol–water partition coefficient (Wildman–Crippen LogP) is 2.36. The Morgan fingerprint density at radius 3 is 2.32 bits per heavy atom. The summed E-state index contributed by atoms with van der Waals surface area (Å²) in [5.41, 5.74) is 3.71. The van der Waals surface area contributed by atoms with E-state index >= 15 is 0 Å². The lowest BCUT2D eigenvalue weighted by Crippen LogP contribution is -2.44. The lowest BCUT2D eigenvalue weighted by molar-refractivity contribution is 0.256. The van der Waals surface area contributed by atoms with E-state index in [1.165, 1.54) is 7.05 Å². The van der Waals surface area contributed by atoms with Gasteiger partial charge in [-0.15, -0.1) is 0 Å². The maximum Gasteiger partial charge on any atom is 0.246 e. The highest BCUT2D eigenvalue weighted by Crippen LogP contribution is 2.29. The van der Waals surface area contributed by atoms with Crippen molar-refractivity contribution in [2.24, 2.45) is 0 Å². The Balaban J connectivity index is 3.41. The third kappa shape index (κ3) is 2.71. The first-order chi connectivity index (χ1) is 8.55. The van der Waals surface area contributed by atoms with E-state index in [4.69, 9.17) is 5.73 Å². The van der Waals surface area contributed by atoms with Gasteiger partial charge in [0.15, 0.2) is 5.82 Å². The molecule has 0 aromatic heterocycles. The van der Waals surface area contributed by atoms with Gasteiger partial charge in [-0.1, -0.05) is 6.92 Å². The number of nitrogens with two attached hydrogens (primary N) is 1. The van der Waals surface area contributed by atoms with Crippen LogP contribution in [0, 0.1) is 11.6 Å². The first-order valence-electron chi connectivity index (χ1n) is 5.78. The van der Waals surface area contributed by atoms with Crippen LogP contribution in [-0.2, 0) is 10.0 Å². The zero-order valence-corrected chi connectivity index (χ0v) is 12.2. The SMILES string of the molecule is CCC(C)(C)N(C)S(=O)(=O)c1ccc(F)c(N)c1F. The van der Waals surface area contributed by atoms with E-state index < -0.39 is 37.8 Å². The quantitative estimate of drug-likeness (QED) is 0.866. The molecule has 0 spiro atoms. The summed E-state index contributed by atoms with van der Waals surface area (Å²) in [6, 6.07) is 1.73. The van der Waals surface area contributed by atoms with Crippen LogP contribution in [0.4, 0.5) is 14.5 Å². The molecule has 4 nitrogen and oxygen atoms in total. The number of anilines is 1. The molecule has 0 bridgehead atoms. The Morgan fingerprint density at radius 2 is 1.84 bits per heavy atom. The summed E-state index contributed by atoms with van der Waals surface area (Å²) in [5.74, 6) is -2.23. The molecule has 108 valence electrons. The number of sulfonamides is 1. The predicted molar refractivity (Wildman–Crippen MR) is 70.1 cm³/mol. The van der Waals surface area contributed by atoms with Crippen LogP contribution in [0.5, 0.6) is 0 Å². The third-order valence-corrected chi connectivity index (χ3v) is 5.53. The van der Waals surface area contributed by atoms with E-state index in [0.717, 1.165) is 16.4 Å². The van der Waals surface area contributed by atoms with Crippen molar-refractivity contribution in [1.82, 2.24) is 4.31 Å². The summed E-state index contributed by atoms with van der Waals surface area (Å²) >= 11 is 0. The minimum absolute atomic E-state index is 0.543. The zero-order valence-electron chi connectivity index (χ0n) is 11.4. The molecule has 2 N–H and O–H groups in total. The minimum atomic E-state index is -4.07. The second kappa shape index (κ2) is 5.05. The molecule has 7 heteroatoms. The van der Waals surface area contributed by atoms with Crippen molar-refractivity contribution in [3.05, 3.63) is 23.8 Å². The van der Waals surface area contributed by atoms with Crippen LogP contribution in [-0.4, -0.2) is 25.3 Å². The van der Waals surface area contributed by atoms with Crippen LogP contribution in [0.25, 0.3) is 0 Å². The summed E-state index contributed by atoms with van der Waals surface area (Å²) in [6.45, 7) is 5.26. The Kier molecular flexibility index (Phi) is 4.21. The molecule has 0 atom stereocenters. The minimum Gasteiger partial charge on any atom is -0.394 e. The molecule has 0 unspecified atom stereocenters. The van der Waals surface area contributed by atoms with Crippen molar-refractivity contribution in [2.75, 3.05) is 12.8 Å². The molecule has 0 amide bonds. The molecule has 0 saturated carbocycles. The Morgan fingerprint density at radius 1 is 1.32 bits per heavy atom. The standard InChI is InChI=1S/C12H18F2N2O2S/c1-5-12(2,3)16(4)19(17,18)9-7-6-8(13)11(15)10(9)14/h6-7H,5,15H2,1-4H3. The fourth-order valence-electron chi connectivity index (χ4n) is 1.44. The second-order valence-electron chi connectivity index (χ2n) is 4.91. The van der Waals surface area contributed by atoms with Gasteiger partial charge in [-0.3, -0.25) is 0 Å². The number of benzene rings is 1. The molecule has 1 aromatic carbocycles. The van der Waals surface area contributed by atoms with Gasteiger partial charge in [0.05, 0.1) is 0 Å². The molecule has 1 aromatic rings. The molecular formula is C12H18F2N2O2S. The smallest absolute Gasteiger partial charge is 0.246 e. The highest BCUT2D eigenvalue weighted by Gasteiger charge is 2.35. The normalized spacial score (nSPS) is 13.0. The topological polar surface area (TPSA) is 63.4 Å². The summed E-state index contributed by atoms with van der Waals surface area (Å²) in [4.78, 5) is -0.615. The van der Waals surface area contributed by atoms with Crippen LogP contribution in [0.3, 0.4) is 0 Å². The summed E-state index contributed by atoms with van der Waals surface area (Å²) in [7, 11) is -2.71. The van der Waals surface area contributed by atoms with Gasteiger partial charge in [0, 0.05) is 12.6 Å². The average Bonchev–Trinajstić information content (AvgIpc) is 2.34. The molecule has 1 rings (SSSR count). The molecule has 0 fully saturated rings. The molecule has 0 saturated heterocycles. The van der Waals surface area contributed by atoms with Crippen molar-refractivity contribution < 1.29 is 17.2 Å². The third-order valence-electron chi connectivity index (χ3n) is 3.45. The Hall–Kier alpha value is -1.21. The van der Waals surface area contributed by atoms with E-state index in [0.29, 0.717) is 6.42 Å². The fourth-order valence-corrected chi connectivity index (χ4v) is 3.10. The molecule has 0 aliphatic carbocycles. The highest BCUT2D eigenvalue weighted by atomic mass is 32.2. The Labute approximate surface area is 112 Å². The number of hydrogen-bond acceptors (Lipinski definition) is 3. The van der Waals surface area contributed by atoms with E-state index in [2.05, 4.69) is 0 Å². The van der Waals surface area contributed by atoms with Gasteiger partial charge < -0.3 is 5.73 Å². The van der Waals surface area contributed by atoms with Crippen LogP contribution in [0.2, 0.25) is 0 Å². The summed E-state index contributed by atoms with van der Waals surface area (Å²) in [6.07, 6.45) is 0.543. The lowest BCUT2D eigenvalue weighted by Gasteiger charge is -2.33. The monoisotopic (exact) mass is 292 g/mol. The van der Waals surface area contributed by atoms with Gasteiger partial charge >= 0.3 is 0 Å². The van der Waals surface area contributed by atoms with Gasteiger partial charge in [0.1, 0.15) is 16.4 Å². The largest absolute Gasteiger partial charge is 0.394 e. The van der Waals surface area contributed by atoms with Crippen molar-refractivity contribution in [3.8, 4) is 0 Å². The van der Waals surface area contributed by atoms with Crippen LogP contribution in [0.1, 0.15) is 27.2 Å². The number of nitrogens with zero attached hydrogens (tertiary/aromatic N) is 1. The number of halogens is 2. The van der Waals surface area contributed by atoms with Gasteiger partial charge in [-0.2, -0.15) is 4.31 Å². The van der Waals surface area contributed by atoms with E-state index in [-0.39, 0.29) is 0 Å². The van der Waals surface area contributed by atoms with Crippen molar-refractivity contribution in [2.45, 2.75) is 37.6 Å². The summed E-state index contributed by atoms with van der Waals surface area (Å²) in [5, 5.41) is 0. The van der Waals surface area contributed by atoms with E-state index in [1.807, 2.05) is 6.92 Å². The first-order valence-corrected chi connectivity index (χ1v) is 7.22. The Bertz CT molecular complexity index is 586. The van der Waals surface area contributed by atoms with E-state index in [1.54, 1.807) is 13.8 Å². The average molecular weight is 292 g/mol. The van der Waals surface area contributed by atoms with Crippen molar-refractivity contribution >= 4 is 15.7 Å². The summed E-state index contributed by atoms with van der Waals surface area (Å²) < 4.78 is 52.6. The van der Waals surface area contributed by atoms with Crippen LogP contribution >= 0.6 is 0 Å². The molecular weight excluding hydrogens is 274 g/mol. The van der Waals surface area contributed by atoms with Gasteiger partial charge in [-0.25, -0.2) is 17.2 Å². The van der Waals surface area contributed by atoms with E-state index in [9.17, 15) is 17.2 Å². The molecule has 0 heterocycles. The van der Waals surface area contributed by atoms with Crippen LogP contribution < -0.4 is 5.73 Å². The van der Waals surface area contributed by atoms with Gasteiger partial charge in [-0.05, 0) is 32.4 Å². The maximum absolute atomic E-state index is 13.8. The van der Waals surface area contributed by atoms with Gasteiger partial charge in [0.25, 0.3) is 0 Å². The van der Waals surface area contributed by atoms with Crippen molar-refractivity contribution in [1.29, 1.82) is 0 Å². The second-order valence-corrected chi connectivity index (χ2v) is 6.85.